The van der Waals surface area contributed by atoms with Crippen LogP contribution in [0.15, 0.2) is 0 Å². The Morgan fingerprint density at radius 1 is 1.35 bits per heavy atom. The lowest BCUT2D eigenvalue weighted by Gasteiger charge is -2.31. The number of hydrogen-bond donors (Lipinski definition) is 1. The first-order chi connectivity index (χ1) is 8.04. The molecule has 2 atom stereocenters. The van der Waals surface area contributed by atoms with Crippen molar-refractivity contribution in [1.29, 1.82) is 0 Å². The average Bonchev–Trinajstić information content (AvgIpc) is 2.28. The summed E-state index contributed by atoms with van der Waals surface area (Å²) < 4.78 is 0. The molecule has 0 aromatic heterocycles. The second-order valence-electron chi connectivity index (χ2n) is 5.74. The fraction of sp³-hybridized carbons (Fsp3) is 0.929. The van der Waals surface area contributed by atoms with Crippen LogP contribution in [0.1, 0.15) is 52.9 Å². The highest BCUT2D eigenvalue weighted by Gasteiger charge is 2.26. The van der Waals surface area contributed by atoms with Crippen molar-refractivity contribution in [3.8, 4) is 0 Å². The highest BCUT2D eigenvalue weighted by molar-refractivity contribution is 5.76. The van der Waals surface area contributed by atoms with Gasteiger partial charge in [0.2, 0.25) is 5.91 Å². The van der Waals surface area contributed by atoms with Crippen molar-refractivity contribution < 1.29 is 4.79 Å². The van der Waals surface area contributed by atoms with Crippen LogP contribution in [0, 0.1) is 11.8 Å². The Kier molecular flexibility index (Phi) is 5.96. The van der Waals surface area contributed by atoms with Crippen LogP contribution < -0.4 is 5.73 Å². The van der Waals surface area contributed by atoms with Gasteiger partial charge in [0, 0.05) is 25.6 Å². The van der Waals surface area contributed by atoms with E-state index >= 15 is 0 Å². The van der Waals surface area contributed by atoms with Crippen LogP contribution in [0.5, 0.6) is 0 Å². The number of amides is 1. The molecule has 1 fully saturated rings. The van der Waals surface area contributed by atoms with Crippen LogP contribution in [0.3, 0.4) is 0 Å². The molecule has 100 valence electrons. The molecule has 2 N–H and O–H groups in total. The number of nitrogens with zero attached hydrogens (tertiary/aromatic N) is 1. The van der Waals surface area contributed by atoms with Gasteiger partial charge < -0.3 is 10.6 Å². The Hall–Kier alpha value is -0.570. The summed E-state index contributed by atoms with van der Waals surface area (Å²) in [5.41, 5.74) is 6.10. The normalized spacial score (nSPS) is 25.0. The number of hydrogen-bond acceptors (Lipinski definition) is 2. The first kappa shape index (κ1) is 14.5. The highest BCUT2D eigenvalue weighted by atomic mass is 16.2. The largest absolute Gasteiger partial charge is 0.343 e. The molecule has 0 saturated heterocycles. The van der Waals surface area contributed by atoms with E-state index in [0.29, 0.717) is 24.2 Å². The minimum Gasteiger partial charge on any atom is -0.343 e. The third kappa shape index (κ3) is 4.66. The monoisotopic (exact) mass is 240 g/mol. The molecular formula is C14H28N2O. The molecule has 2 unspecified atom stereocenters. The van der Waals surface area contributed by atoms with Gasteiger partial charge in [-0.05, 0) is 31.6 Å². The summed E-state index contributed by atoms with van der Waals surface area (Å²) >= 11 is 0. The maximum absolute atomic E-state index is 12.2. The Morgan fingerprint density at radius 3 is 2.53 bits per heavy atom. The topological polar surface area (TPSA) is 46.3 Å². The second kappa shape index (κ2) is 7.00. The first-order valence-electron chi connectivity index (χ1n) is 7.08. The number of rotatable bonds is 5. The van der Waals surface area contributed by atoms with Gasteiger partial charge in [0.05, 0.1) is 0 Å². The Bertz CT molecular complexity index is 240. The quantitative estimate of drug-likeness (QED) is 0.802. The maximum Gasteiger partial charge on any atom is 0.222 e. The summed E-state index contributed by atoms with van der Waals surface area (Å²) in [6, 6.07) is 0.241. The summed E-state index contributed by atoms with van der Waals surface area (Å²) in [6.07, 6.45) is 5.35. The van der Waals surface area contributed by atoms with Crippen LogP contribution in [0.2, 0.25) is 0 Å². The zero-order chi connectivity index (χ0) is 12.8. The van der Waals surface area contributed by atoms with E-state index in [9.17, 15) is 4.79 Å². The molecule has 0 aliphatic heterocycles. The molecule has 0 aromatic rings. The van der Waals surface area contributed by atoms with Crippen molar-refractivity contribution >= 4 is 5.91 Å². The van der Waals surface area contributed by atoms with Gasteiger partial charge in [-0.3, -0.25) is 4.79 Å². The van der Waals surface area contributed by atoms with E-state index in [-0.39, 0.29) is 6.04 Å². The summed E-state index contributed by atoms with van der Waals surface area (Å²) in [4.78, 5) is 14.2. The first-order valence-corrected chi connectivity index (χ1v) is 7.08. The van der Waals surface area contributed by atoms with E-state index in [0.717, 1.165) is 25.9 Å². The van der Waals surface area contributed by atoms with Crippen molar-refractivity contribution in [2.45, 2.75) is 58.9 Å². The van der Waals surface area contributed by atoms with Gasteiger partial charge in [-0.15, -0.1) is 0 Å². The molecule has 1 rings (SSSR count). The molecule has 0 aromatic carbocycles. The van der Waals surface area contributed by atoms with Gasteiger partial charge in [-0.1, -0.05) is 26.7 Å². The van der Waals surface area contributed by atoms with Crippen molar-refractivity contribution in [2.75, 3.05) is 13.1 Å². The van der Waals surface area contributed by atoms with Gasteiger partial charge in [0.25, 0.3) is 0 Å². The third-order valence-electron chi connectivity index (χ3n) is 3.72. The second-order valence-corrected chi connectivity index (χ2v) is 5.74. The predicted octanol–water partition coefficient (Wildman–Crippen LogP) is 2.40. The fourth-order valence-corrected chi connectivity index (χ4v) is 2.69. The van der Waals surface area contributed by atoms with Crippen LogP contribution in [-0.4, -0.2) is 29.9 Å². The third-order valence-corrected chi connectivity index (χ3v) is 3.72. The van der Waals surface area contributed by atoms with E-state index in [2.05, 4.69) is 20.8 Å². The molecule has 0 radical (unpaired) electrons. The number of nitrogens with two attached hydrogens (primary N) is 1. The van der Waals surface area contributed by atoms with E-state index in [1.54, 1.807) is 0 Å². The lowest BCUT2D eigenvalue weighted by molar-refractivity contribution is -0.132. The van der Waals surface area contributed by atoms with Gasteiger partial charge in [-0.2, -0.15) is 0 Å². The summed E-state index contributed by atoms with van der Waals surface area (Å²) in [7, 11) is 0. The maximum atomic E-state index is 12.2. The van der Waals surface area contributed by atoms with Gasteiger partial charge >= 0.3 is 0 Å². The van der Waals surface area contributed by atoms with Crippen molar-refractivity contribution in [3.63, 3.8) is 0 Å². The predicted molar refractivity (Wildman–Crippen MR) is 71.6 cm³/mol. The van der Waals surface area contributed by atoms with Gasteiger partial charge in [0.15, 0.2) is 0 Å². The van der Waals surface area contributed by atoms with Crippen molar-refractivity contribution in [1.82, 2.24) is 4.90 Å². The lowest BCUT2D eigenvalue weighted by atomic mass is 9.82. The molecule has 3 heteroatoms. The Morgan fingerprint density at radius 2 is 2.00 bits per heavy atom. The molecule has 1 saturated carbocycles. The standard InChI is InChI=1S/C14H28N2O/c1-4-16(10-11(2)3)14(17)9-12-7-5-6-8-13(12)15/h11-13H,4-10,15H2,1-3H3. The molecule has 17 heavy (non-hydrogen) atoms. The lowest BCUT2D eigenvalue weighted by Crippen LogP contribution is -2.40. The summed E-state index contributed by atoms with van der Waals surface area (Å²) in [6.45, 7) is 8.06. The van der Waals surface area contributed by atoms with E-state index in [1.807, 2.05) is 4.90 Å². The van der Waals surface area contributed by atoms with Crippen LogP contribution in [0.4, 0.5) is 0 Å². The zero-order valence-electron chi connectivity index (χ0n) is 11.6. The Labute approximate surface area is 106 Å². The van der Waals surface area contributed by atoms with E-state index < -0.39 is 0 Å². The van der Waals surface area contributed by atoms with Gasteiger partial charge in [0.1, 0.15) is 0 Å². The van der Waals surface area contributed by atoms with E-state index in [1.165, 1.54) is 12.8 Å². The molecule has 1 aliphatic rings. The van der Waals surface area contributed by atoms with Crippen molar-refractivity contribution in [3.05, 3.63) is 0 Å². The van der Waals surface area contributed by atoms with Crippen molar-refractivity contribution in [2.24, 2.45) is 17.6 Å². The van der Waals surface area contributed by atoms with Crippen LogP contribution in [-0.2, 0) is 4.79 Å². The smallest absolute Gasteiger partial charge is 0.222 e. The molecule has 0 spiro atoms. The van der Waals surface area contributed by atoms with Gasteiger partial charge in [-0.25, -0.2) is 0 Å². The highest BCUT2D eigenvalue weighted by Crippen LogP contribution is 2.26. The molecular weight excluding hydrogens is 212 g/mol. The minimum absolute atomic E-state index is 0.241. The number of carbonyl (C=O) groups is 1. The molecule has 3 nitrogen and oxygen atoms in total. The SMILES string of the molecule is CCN(CC(C)C)C(=O)CC1CCCCC1N. The number of carbonyl (C=O) groups excluding carboxylic acids is 1. The molecule has 0 heterocycles. The van der Waals surface area contributed by atoms with Crippen LogP contribution in [0.25, 0.3) is 0 Å². The minimum atomic E-state index is 0.241. The fourth-order valence-electron chi connectivity index (χ4n) is 2.69. The molecule has 1 amide bonds. The zero-order valence-corrected chi connectivity index (χ0v) is 11.6. The average molecular weight is 240 g/mol. The molecule has 1 aliphatic carbocycles. The molecule has 0 bridgehead atoms. The van der Waals surface area contributed by atoms with E-state index in [4.69, 9.17) is 5.73 Å². The Balaban J connectivity index is 2.45. The summed E-state index contributed by atoms with van der Waals surface area (Å²) in [5.74, 6) is 1.25. The summed E-state index contributed by atoms with van der Waals surface area (Å²) in [5, 5.41) is 0. The van der Waals surface area contributed by atoms with Crippen LogP contribution >= 0.6 is 0 Å².